The molecule has 0 fully saturated rings. The molecule has 0 unspecified atom stereocenters. The van der Waals surface area contributed by atoms with Crippen molar-refractivity contribution in [1.82, 2.24) is 15.0 Å². The van der Waals surface area contributed by atoms with Crippen molar-refractivity contribution < 1.29 is 9.53 Å². The molecular formula is C16H15N3O2. The van der Waals surface area contributed by atoms with E-state index in [1.807, 2.05) is 24.3 Å². The summed E-state index contributed by atoms with van der Waals surface area (Å²) in [7, 11) is 0. The highest BCUT2D eigenvalue weighted by molar-refractivity contribution is 5.89. The van der Waals surface area contributed by atoms with Crippen LogP contribution in [0.2, 0.25) is 0 Å². The summed E-state index contributed by atoms with van der Waals surface area (Å²) in [4.78, 5) is 23.5. The van der Waals surface area contributed by atoms with Crippen molar-refractivity contribution in [2.24, 2.45) is 0 Å². The Morgan fingerprint density at radius 1 is 1.29 bits per heavy atom. The number of ether oxygens (including phenoxy) is 1. The van der Waals surface area contributed by atoms with Crippen LogP contribution in [-0.2, 0) is 11.2 Å². The molecule has 0 radical (unpaired) electrons. The topological polar surface area (TPSA) is 67.9 Å². The maximum atomic E-state index is 11.8. The first-order valence-electron chi connectivity index (χ1n) is 6.81. The predicted molar refractivity (Wildman–Crippen MR) is 79.1 cm³/mol. The zero-order valence-corrected chi connectivity index (χ0v) is 11.7. The normalized spacial score (nSPS) is 10.7. The number of esters is 1. The van der Waals surface area contributed by atoms with Gasteiger partial charge in [-0.3, -0.25) is 4.98 Å². The summed E-state index contributed by atoms with van der Waals surface area (Å²) >= 11 is 0. The largest absolute Gasteiger partial charge is 0.462 e. The molecular weight excluding hydrogens is 266 g/mol. The first-order chi connectivity index (χ1) is 10.3. The SMILES string of the molecule is CCOC(=O)c1cccc(Cc2nccc3[nH]cnc23)c1. The molecule has 21 heavy (non-hydrogen) atoms. The molecule has 5 heteroatoms. The molecule has 2 heterocycles. The van der Waals surface area contributed by atoms with E-state index in [0.29, 0.717) is 18.6 Å². The Labute approximate surface area is 122 Å². The Morgan fingerprint density at radius 3 is 3.05 bits per heavy atom. The fourth-order valence-corrected chi connectivity index (χ4v) is 2.27. The van der Waals surface area contributed by atoms with E-state index in [1.165, 1.54) is 0 Å². The quantitative estimate of drug-likeness (QED) is 0.747. The van der Waals surface area contributed by atoms with Crippen molar-refractivity contribution in [2.75, 3.05) is 6.61 Å². The number of aromatic amines is 1. The van der Waals surface area contributed by atoms with Gasteiger partial charge in [-0.15, -0.1) is 0 Å². The highest BCUT2D eigenvalue weighted by Crippen LogP contribution is 2.17. The molecule has 0 spiro atoms. The molecule has 3 rings (SSSR count). The van der Waals surface area contributed by atoms with Gasteiger partial charge in [-0.1, -0.05) is 12.1 Å². The minimum atomic E-state index is -0.301. The summed E-state index contributed by atoms with van der Waals surface area (Å²) in [5.41, 5.74) is 4.27. The minimum Gasteiger partial charge on any atom is -0.462 e. The van der Waals surface area contributed by atoms with Gasteiger partial charge in [0.2, 0.25) is 0 Å². The number of nitrogens with zero attached hydrogens (tertiary/aromatic N) is 2. The highest BCUT2D eigenvalue weighted by atomic mass is 16.5. The lowest BCUT2D eigenvalue weighted by Crippen LogP contribution is -2.05. The number of benzene rings is 1. The molecule has 3 aromatic rings. The third-order valence-corrected chi connectivity index (χ3v) is 3.22. The van der Waals surface area contributed by atoms with Crippen molar-refractivity contribution in [3.63, 3.8) is 0 Å². The van der Waals surface area contributed by atoms with E-state index in [0.717, 1.165) is 22.3 Å². The highest BCUT2D eigenvalue weighted by Gasteiger charge is 2.09. The van der Waals surface area contributed by atoms with E-state index in [1.54, 1.807) is 25.5 Å². The van der Waals surface area contributed by atoms with E-state index in [2.05, 4.69) is 15.0 Å². The van der Waals surface area contributed by atoms with E-state index >= 15 is 0 Å². The molecule has 0 aliphatic heterocycles. The predicted octanol–water partition coefficient (Wildman–Crippen LogP) is 2.73. The zero-order valence-electron chi connectivity index (χ0n) is 11.7. The van der Waals surface area contributed by atoms with Crippen LogP contribution < -0.4 is 0 Å². The molecule has 0 saturated carbocycles. The second-order valence-corrected chi connectivity index (χ2v) is 4.65. The van der Waals surface area contributed by atoms with Crippen LogP contribution in [0.5, 0.6) is 0 Å². The monoisotopic (exact) mass is 281 g/mol. The summed E-state index contributed by atoms with van der Waals surface area (Å²) in [5, 5.41) is 0. The van der Waals surface area contributed by atoms with Crippen LogP contribution in [0.25, 0.3) is 11.0 Å². The van der Waals surface area contributed by atoms with Gasteiger partial charge in [-0.05, 0) is 30.7 Å². The van der Waals surface area contributed by atoms with Gasteiger partial charge in [-0.25, -0.2) is 9.78 Å². The van der Waals surface area contributed by atoms with Gasteiger partial charge >= 0.3 is 5.97 Å². The molecule has 0 amide bonds. The maximum Gasteiger partial charge on any atom is 0.338 e. The lowest BCUT2D eigenvalue weighted by Gasteiger charge is -2.05. The Hall–Kier alpha value is -2.69. The van der Waals surface area contributed by atoms with Crippen LogP contribution in [0.15, 0.2) is 42.9 Å². The van der Waals surface area contributed by atoms with E-state index in [9.17, 15) is 4.79 Å². The van der Waals surface area contributed by atoms with Gasteiger partial charge in [0.05, 0.1) is 29.7 Å². The summed E-state index contributed by atoms with van der Waals surface area (Å²) in [6.07, 6.45) is 4.03. The molecule has 2 aromatic heterocycles. The lowest BCUT2D eigenvalue weighted by atomic mass is 10.1. The Balaban J connectivity index is 1.90. The summed E-state index contributed by atoms with van der Waals surface area (Å²) < 4.78 is 5.02. The number of nitrogens with one attached hydrogen (secondary N) is 1. The average molecular weight is 281 g/mol. The number of fused-ring (bicyclic) bond motifs is 1. The second-order valence-electron chi connectivity index (χ2n) is 4.65. The molecule has 5 nitrogen and oxygen atoms in total. The summed E-state index contributed by atoms with van der Waals surface area (Å²) in [6.45, 7) is 2.17. The van der Waals surface area contributed by atoms with Gasteiger partial charge in [0.25, 0.3) is 0 Å². The van der Waals surface area contributed by atoms with Crippen molar-refractivity contribution in [2.45, 2.75) is 13.3 Å². The van der Waals surface area contributed by atoms with Crippen LogP contribution >= 0.6 is 0 Å². The fourth-order valence-electron chi connectivity index (χ4n) is 2.27. The number of carbonyl (C=O) groups excluding carboxylic acids is 1. The lowest BCUT2D eigenvalue weighted by molar-refractivity contribution is 0.0526. The molecule has 1 aromatic carbocycles. The van der Waals surface area contributed by atoms with Crippen molar-refractivity contribution in [3.05, 3.63) is 59.7 Å². The molecule has 0 atom stereocenters. The fraction of sp³-hybridized carbons (Fsp3) is 0.188. The number of aromatic nitrogens is 3. The van der Waals surface area contributed by atoms with E-state index in [4.69, 9.17) is 4.74 Å². The number of rotatable bonds is 4. The Morgan fingerprint density at radius 2 is 2.19 bits per heavy atom. The number of pyridine rings is 1. The first-order valence-corrected chi connectivity index (χ1v) is 6.81. The van der Waals surface area contributed by atoms with Gasteiger partial charge in [0.15, 0.2) is 0 Å². The van der Waals surface area contributed by atoms with E-state index in [-0.39, 0.29) is 5.97 Å². The van der Waals surface area contributed by atoms with Crippen LogP contribution in [0, 0.1) is 0 Å². The van der Waals surface area contributed by atoms with E-state index < -0.39 is 0 Å². The van der Waals surface area contributed by atoms with Crippen molar-refractivity contribution in [1.29, 1.82) is 0 Å². The average Bonchev–Trinajstić information content (AvgIpc) is 2.97. The summed E-state index contributed by atoms with van der Waals surface area (Å²) in [6, 6.07) is 9.30. The number of imidazole rings is 1. The standard InChI is InChI=1S/C16H15N3O2/c1-2-21-16(20)12-5-3-4-11(8-12)9-14-15-13(6-7-17-14)18-10-19-15/h3-8,10H,2,9H2,1H3,(H,18,19). The van der Waals surface area contributed by atoms with Gasteiger partial charge in [0, 0.05) is 12.6 Å². The van der Waals surface area contributed by atoms with Crippen LogP contribution in [0.4, 0.5) is 0 Å². The maximum absolute atomic E-state index is 11.8. The Bertz CT molecular complexity index is 780. The van der Waals surface area contributed by atoms with Crippen molar-refractivity contribution >= 4 is 17.0 Å². The first kappa shape index (κ1) is 13.3. The molecule has 0 bridgehead atoms. The van der Waals surface area contributed by atoms with Crippen LogP contribution in [0.1, 0.15) is 28.5 Å². The third-order valence-electron chi connectivity index (χ3n) is 3.22. The number of hydrogen-bond acceptors (Lipinski definition) is 4. The number of H-pyrrole nitrogens is 1. The van der Waals surface area contributed by atoms with Crippen LogP contribution in [-0.4, -0.2) is 27.5 Å². The molecule has 0 aliphatic rings. The van der Waals surface area contributed by atoms with Crippen LogP contribution in [0.3, 0.4) is 0 Å². The molecule has 1 N–H and O–H groups in total. The molecule has 0 aliphatic carbocycles. The van der Waals surface area contributed by atoms with Gasteiger partial charge in [0.1, 0.15) is 5.52 Å². The van der Waals surface area contributed by atoms with Gasteiger partial charge in [-0.2, -0.15) is 0 Å². The second kappa shape index (κ2) is 5.75. The molecule has 0 saturated heterocycles. The summed E-state index contributed by atoms with van der Waals surface area (Å²) in [5.74, 6) is -0.301. The van der Waals surface area contributed by atoms with Gasteiger partial charge < -0.3 is 9.72 Å². The number of carbonyl (C=O) groups is 1. The minimum absolute atomic E-state index is 0.301. The molecule has 106 valence electrons. The number of hydrogen-bond donors (Lipinski definition) is 1. The smallest absolute Gasteiger partial charge is 0.338 e. The third kappa shape index (κ3) is 2.76. The Kier molecular flexibility index (Phi) is 3.64. The zero-order chi connectivity index (χ0) is 14.7. The van der Waals surface area contributed by atoms with Crippen molar-refractivity contribution in [3.8, 4) is 0 Å².